The molecule has 0 nitrogen and oxygen atoms in total. The Labute approximate surface area is 72.2 Å². The van der Waals surface area contributed by atoms with Gasteiger partial charge in [-0.25, -0.2) is 0 Å². The molecular formula is C10H14Be. The number of rotatable bonds is 0. The Balaban J connectivity index is 0.000000167. The Bertz CT molecular complexity index is 143. The van der Waals surface area contributed by atoms with E-state index in [1.54, 1.807) is 0 Å². The Kier molecular flexibility index (Phi) is 6.67. The van der Waals surface area contributed by atoms with Crippen molar-refractivity contribution in [1.29, 1.82) is 0 Å². The normalized spacial score (nSPS) is 16.0. The van der Waals surface area contributed by atoms with Crippen LogP contribution in [0.4, 0.5) is 0 Å². The summed E-state index contributed by atoms with van der Waals surface area (Å²) >= 11 is 0. The molecule has 0 spiro atoms. The van der Waals surface area contributed by atoms with Gasteiger partial charge in [0.25, 0.3) is 0 Å². The van der Waals surface area contributed by atoms with Gasteiger partial charge < -0.3 is 0 Å². The van der Waals surface area contributed by atoms with Crippen LogP contribution in [0.15, 0.2) is 48.6 Å². The molecule has 0 unspecified atom stereocenters. The van der Waals surface area contributed by atoms with E-state index in [4.69, 9.17) is 0 Å². The van der Waals surface area contributed by atoms with E-state index >= 15 is 0 Å². The number of allylic oxidation sites excluding steroid dienone is 8. The zero-order valence-electron chi connectivity index (χ0n) is 6.03. The molecule has 0 radical (unpaired) electrons. The van der Waals surface area contributed by atoms with Crippen LogP contribution >= 0.6 is 0 Å². The van der Waals surface area contributed by atoms with Crippen LogP contribution < -0.4 is 0 Å². The summed E-state index contributed by atoms with van der Waals surface area (Å²) in [5, 5.41) is 0. The molecule has 0 N–H and O–H groups in total. The third kappa shape index (κ3) is 5.57. The Morgan fingerprint density at radius 2 is 0.818 bits per heavy atom. The summed E-state index contributed by atoms with van der Waals surface area (Å²) in [4.78, 5) is 0. The summed E-state index contributed by atoms with van der Waals surface area (Å²) in [7, 11) is 0. The van der Waals surface area contributed by atoms with E-state index in [0.29, 0.717) is 0 Å². The van der Waals surface area contributed by atoms with Crippen molar-refractivity contribution in [3.63, 3.8) is 0 Å². The molecule has 0 aromatic heterocycles. The van der Waals surface area contributed by atoms with Gasteiger partial charge in [-0.2, -0.15) is 0 Å². The molecular weight excluding hydrogens is 129 g/mol. The fourth-order valence-corrected chi connectivity index (χ4v) is 0.786. The molecule has 1 heteroatoms. The van der Waals surface area contributed by atoms with Crippen molar-refractivity contribution in [2.24, 2.45) is 0 Å². The summed E-state index contributed by atoms with van der Waals surface area (Å²) in [5.41, 5.74) is 0. The van der Waals surface area contributed by atoms with E-state index in [2.05, 4.69) is 48.6 Å². The van der Waals surface area contributed by atoms with Crippen molar-refractivity contribution in [3.8, 4) is 0 Å². The van der Waals surface area contributed by atoms with E-state index in [0.717, 1.165) is 12.8 Å². The van der Waals surface area contributed by atoms with Crippen molar-refractivity contribution in [3.05, 3.63) is 48.6 Å². The van der Waals surface area contributed by atoms with Gasteiger partial charge in [-0.15, -0.1) is 0 Å². The Hall–Kier alpha value is -0.871. The van der Waals surface area contributed by atoms with E-state index < -0.39 is 0 Å². The van der Waals surface area contributed by atoms with Gasteiger partial charge in [-0.05, 0) is 12.8 Å². The Morgan fingerprint density at radius 3 is 0.909 bits per heavy atom. The SMILES string of the molecule is C1=CCC=C1.C1=CCC=C1.[BeH2]. The van der Waals surface area contributed by atoms with Crippen molar-refractivity contribution in [2.45, 2.75) is 12.8 Å². The average Bonchev–Trinajstić information content (AvgIpc) is 2.67. The molecule has 56 valence electrons. The van der Waals surface area contributed by atoms with Gasteiger partial charge in [0.2, 0.25) is 0 Å². The van der Waals surface area contributed by atoms with E-state index in [1.807, 2.05) is 0 Å². The van der Waals surface area contributed by atoms with Crippen LogP contribution in [0.25, 0.3) is 0 Å². The van der Waals surface area contributed by atoms with Crippen LogP contribution in [-0.2, 0) is 0 Å². The molecule has 0 heterocycles. The van der Waals surface area contributed by atoms with Gasteiger partial charge in [-0.3, -0.25) is 0 Å². The van der Waals surface area contributed by atoms with E-state index in [-0.39, 0.29) is 10.1 Å². The molecule has 0 saturated heterocycles. The second kappa shape index (κ2) is 7.24. The molecule has 11 heavy (non-hydrogen) atoms. The maximum atomic E-state index is 2.12. The van der Waals surface area contributed by atoms with Gasteiger partial charge in [0.05, 0.1) is 0 Å². The van der Waals surface area contributed by atoms with Crippen molar-refractivity contribution < 1.29 is 0 Å². The van der Waals surface area contributed by atoms with Crippen LogP contribution in [-0.4, -0.2) is 10.1 Å². The van der Waals surface area contributed by atoms with E-state index in [9.17, 15) is 0 Å². The Morgan fingerprint density at radius 1 is 0.545 bits per heavy atom. The molecule has 0 fully saturated rings. The molecule has 0 saturated carbocycles. The van der Waals surface area contributed by atoms with Crippen molar-refractivity contribution in [2.75, 3.05) is 0 Å². The molecule has 2 aliphatic carbocycles. The third-order valence-electron chi connectivity index (χ3n) is 1.31. The fraction of sp³-hybridized carbons (Fsp3) is 0.200. The van der Waals surface area contributed by atoms with Gasteiger partial charge in [0.1, 0.15) is 0 Å². The quantitative estimate of drug-likeness (QED) is 0.455. The third-order valence-corrected chi connectivity index (χ3v) is 1.31. The van der Waals surface area contributed by atoms with Gasteiger partial charge in [0.15, 0.2) is 0 Å². The predicted molar refractivity (Wildman–Crippen MR) is 54.3 cm³/mol. The zero-order chi connectivity index (χ0) is 7.07. The van der Waals surface area contributed by atoms with Gasteiger partial charge in [-0.1, -0.05) is 48.6 Å². The van der Waals surface area contributed by atoms with Crippen LogP contribution in [0.5, 0.6) is 0 Å². The van der Waals surface area contributed by atoms with Crippen LogP contribution in [0.2, 0.25) is 0 Å². The fourth-order valence-electron chi connectivity index (χ4n) is 0.786. The second-order valence-electron chi connectivity index (χ2n) is 2.18. The first-order valence-electron chi connectivity index (χ1n) is 3.63. The minimum absolute atomic E-state index is 0. The number of hydrogen-bond donors (Lipinski definition) is 0. The minimum atomic E-state index is 0. The van der Waals surface area contributed by atoms with Gasteiger partial charge in [0, 0.05) is 0 Å². The molecule has 0 amide bonds. The molecule has 2 aliphatic rings. The molecule has 0 aromatic rings. The second-order valence-corrected chi connectivity index (χ2v) is 2.18. The topological polar surface area (TPSA) is 0 Å². The molecule has 2 rings (SSSR count). The monoisotopic (exact) mass is 143 g/mol. The van der Waals surface area contributed by atoms with Crippen molar-refractivity contribution >= 4 is 10.1 Å². The zero-order valence-corrected chi connectivity index (χ0v) is 6.03. The first kappa shape index (κ1) is 10.1. The number of hydrogen-bond acceptors (Lipinski definition) is 0. The molecule has 0 atom stereocenters. The molecule has 0 aliphatic heterocycles. The summed E-state index contributed by atoms with van der Waals surface area (Å²) < 4.78 is 0. The van der Waals surface area contributed by atoms with Crippen molar-refractivity contribution in [1.82, 2.24) is 0 Å². The first-order valence-corrected chi connectivity index (χ1v) is 3.63. The predicted octanol–water partition coefficient (Wildman–Crippen LogP) is 2.09. The average molecular weight is 143 g/mol. The summed E-state index contributed by atoms with van der Waals surface area (Å²) in [5.74, 6) is 0. The summed E-state index contributed by atoms with van der Waals surface area (Å²) in [6, 6.07) is 0. The molecule has 0 aromatic carbocycles. The maximum absolute atomic E-state index is 2.12. The molecule has 0 bridgehead atoms. The van der Waals surface area contributed by atoms with Crippen LogP contribution in [0.1, 0.15) is 12.8 Å². The van der Waals surface area contributed by atoms with Crippen LogP contribution in [0, 0.1) is 0 Å². The van der Waals surface area contributed by atoms with Gasteiger partial charge >= 0.3 is 10.1 Å². The standard InChI is InChI=1S/2C5H6.Be.2H/c2*1-2-4-5-3-1;;;/h2*1-4H,5H2;;;. The first-order chi connectivity index (χ1) is 5.00. The van der Waals surface area contributed by atoms with Crippen LogP contribution in [0.3, 0.4) is 0 Å². The van der Waals surface area contributed by atoms with E-state index in [1.165, 1.54) is 0 Å². The summed E-state index contributed by atoms with van der Waals surface area (Å²) in [6.45, 7) is 0. The summed E-state index contributed by atoms with van der Waals surface area (Å²) in [6.07, 6.45) is 19.0.